The van der Waals surface area contributed by atoms with E-state index in [0.717, 1.165) is 28.6 Å². The number of benzene rings is 2. The lowest BCUT2D eigenvalue weighted by molar-refractivity contribution is 0.801. The number of aromatic nitrogens is 2. The van der Waals surface area contributed by atoms with E-state index >= 15 is 0 Å². The van der Waals surface area contributed by atoms with Crippen LogP contribution in [0.4, 0.5) is 11.8 Å². The van der Waals surface area contributed by atoms with Gasteiger partial charge in [-0.3, -0.25) is 0 Å². The molecule has 1 heterocycles. The predicted octanol–water partition coefficient (Wildman–Crippen LogP) is 5.21. The zero-order chi connectivity index (χ0) is 18.7. The fourth-order valence-corrected chi connectivity index (χ4v) is 3.02. The molecule has 0 amide bonds. The Hall–Kier alpha value is -2.59. The minimum absolute atomic E-state index is 0.269. The Morgan fingerprint density at radius 3 is 2.54 bits per heavy atom. The van der Waals surface area contributed by atoms with Crippen molar-refractivity contribution >= 4 is 23.4 Å². The maximum atomic E-state index is 5.96. The van der Waals surface area contributed by atoms with Gasteiger partial charge in [-0.1, -0.05) is 48.9 Å². The van der Waals surface area contributed by atoms with E-state index in [9.17, 15) is 0 Å². The Bertz CT molecular complexity index is 906. The van der Waals surface area contributed by atoms with E-state index in [2.05, 4.69) is 48.2 Å². The maximum Gasteiger partial charge on any atom is 0.222 e. The van der Waals surface area contributed by atoms with Gasteiger partial charge >= 0.3 is 0 Å². The lowest BCUT2D eigenvalue weighted by Crippen LogP contribution is -2.12. The molecule has 0 aliphatic carbocycles. The molecule has 5 heteroatoms. The maximum absolute atomic E-state index is 5.96. The molecule has 0 aliphatic rings. The molecule has 3 N–H and O–H groups in total. The number of hydrogen-bond acceptors (Lipinski definition) is 4. The topological polar surface area (TPSA) is 63.8 Å². The number of nitrogens with two attached hydrogens (primary N) is 1. The molecular formula is C21H23ClN4. The quantitative estimate of drug-likeness (QED) is 0.650. The summed E-state index contributed by atoms with van der Waals surface area (Å²) in [6.07, 6.45) is 0. The second-order valence-electron chi connectivity index (χ2n) is 6.58. The number of nitrogens with zero attached hydrogens (tertiary/aromatic N) is 2. The highest BCUT2D eigenvalue weighted by molar-refractivity contribution is 6.30. The Balaban J connectivity index is 1.79. The van der Waals surface area contributed by atoms with Crippen LogP contribution in [0.15, 0.2) is 48.5 Å². The number of nitrogen functional groups attached to an aromatic ring is 1. The average Bonchev–Trinajstić information content (AvgIpc) is 2.62. The van der Waals surface area contributed by atoms with Crippen molar-refractivity contribution in [2.45, 2.75) is 26.7 Å². The van der Waals surface area contributed by atoms with Gasteiger partial charge in [0.2, 0.25) is 5.95 Å². The van der Waals surface area contributed by atoms with Crippen molar-refractivity contribution in [2.75, 3.05) is 17.6 Å². The van der Waals surface area contributed by atoms with Crippen LogP contribution in [0.2, 0.25) is 5.02 Å². The number of halogens is 1. The molecule has 3 aromatic rings. The summed E-state index contributed by atoms with van der Waals surface area (Å²) in [7, 11) is 0. The first-order valence-electron chi connectivity index (χ1n) is 8.64. The van der Waals surface area contributed by atoms with Crippen molar-refractivity contribution in [1.29, 1.82) is 0 Å². The fraction of sp³-hybridized carbons (Fsp3) is 0.238. The van der Waals surface area contributed by atoms with Gasteiger partial charge in [0, 0.05) is 23.2 Å². The molecule has 0 saturated heterocycles. The van der Waals surface area contributed by atoms with Crippen molar-refractivity contribution in [3.8, 4) is 11.3 Å². The zero-order valence-electron chi connectivity index (χ0n) is 15.3. The normalized spacial score (nSPS) is 12.0. The summed E-state index contributed by atoms with van der Waals surface area (Å²) >= 11 is 5.96. The molecule has 2 aromatic carbocycles. The first-order chi connectivity index (χ1) is 12.4. The Morgan fingerprint density at radius 1 is 1.08 bits per heavy atom. The number of nitrogens with one attached hydrogen (secondary N) is 1. The number of hydrogen-bond donors (Lipinski definition) is 2. The minimum Gasteiger partial charge on any atom is -0.369 e. The minimum atomic E-state index is 0.269. The molecule has 1 aromatic heterocycles. The van der Waals surface area contributed by atoms with Crippen molar-refractivity contribution < 1.29 is 0 Å². The second kappa shape index (κ2) is 7.75. The molecular weight excluding hydrogens is 344 g/mol. The smallest absolute Gasteiger partial charge is 0.222 e. The van der Waals surface area contributed by atoms with Gasteiger partial charge in [0.25, 0.3) is 0 Å². The SMILES string of the molecule is Cc1cccc(-c2cc(NCC(C)c3ccc(Cl)cc3)nc(N)n2)c1C. The standard InChI is InChI=1S/C21H23ClN4/c1-13-5-4-6-18(15(13)3)19-11-20(26-21(23)25-19)24-12-14(2)16-7-9-17(22)10-8-16/h4-11,14H,12H2,1-3H3,(H3,23,24,25,26). The molecule has 0 fully saturated rings. The Morgan fingerprint density at radius 2 is 1.81 bits per heavy atom. The van der Waals surface area contributed by atoms with E-state index < -0.39 is 0 Å². The molecule has 0 aliphatic heterocycles. The van der Waals surface area contributed by atoms with Crippen molar-refractivity contribution in [2.24, 2.45) is 0 Å². The van der Waals surface area contributed by atoms with Crippen LogP contribution in [0.5, 0.6) is 0 Å². The average molecular weight is 367 g/mol. The molecule has 1 atom stereocenters. The van der Waals surface area contributed by atoms with Gasteiger partial charge in [-0.25, -0.2) is 4.98 Å². The first kappa shape index (κ1) is 18.2. The second-order valence-corrected chi connectivity index (χ2v) is 7.01. The highest BCUT2D eigenvalue weighted by atomic mass is 35.5. The van der Waals surface area contributed by atoms with Crippen molar-refractivity contribution in [3.63, 3.8) is 0 Å². The third-order valence-corrected chi connectivity index (χ3v) is 4.90. The number of aryl methyl sites for hydroxylation is 1. The Kier molecular flexibility index (Phi) is 5.43. The summed E-state index contributed by atoms with van der Waals surface area (Å²) in [5.74, 6) is 1.31. The van der Waals surface area contributed by atoms with E-state index in [0.29, 0.717) is 5.92 Å². The van der Waals surface area contributed by atoms with Crippen LogP contribution < -0.4 is 11.1 Å². The molecule has 26 heavy (non-hydrogen) atoms. The highest BCUT2D eigenvalue weighted by Crippen LogP contribution is 2.26. The van der Waals surface area contributed by atoms with Gasteiger partial charge in [0.05, 0.1) is 5.69 Å². The van der Waals surface area contributed by atoms with Gasteiger partial charge in [0.15, 0.2) is 0 Å². The van der Waals surface area contributed by atoms with Crippen LogP contribution in [0.25, 0.3) is 11.3 Å². The molecule has 0 saturated carbocycles. The summed E-state index contributed by atoms with van der Waals surface area (Å²) < 4.78 is 0. The third kappa shape index (κ3) is 4.14. The van der Waals surface area contributed by atoms with E-state index in [1.165, 1.54) is 16.7 Å². The fourth-order valence-electron chi connectivity index (χ4n) is 2.89. The van der Waals surface area contributed by atoms with Crippen LogP contribution >= 0.6 is 11.6 Å². The van der Waals surface area contributed by atoms with Gasteiger partial charge in [0.1, 0.15) is 5.82 Å². The zero-order valence-corrected chi connectivity index (χ0v) is 16.0. The van der Waals surface area contributed by atoms with E-state index in [1.807, 2.05) is 36.4 Å². The number of anilines is 2. The third-order valence-electron chi connectivity index (χ3n) is 4.65. The van der Waals surface area contributed by atoms with Gasteiger partial charge < -0.3 is 11.1 Å². The molecule has 3 rings (SSSR count). The van der Waals surface area contributed by atoms with Crippen molar-refractivity contribution in [1.82, 2.24) is 9.97 Å². The molecule has 134 valence electrons. The van der Waals surface area contributed by atoms with Crippen LogP contribution in [0.3, 0.4) is 0 Å². The highest BCUT2D eigenvalue weighted by Gasteiger charge is 2.10. The van der Waals surface area contributed by atoms with Gasteiger partial charge in [-0.05, 0) is 48.6 Å². The molecule has 0 radical (unpaired) electrons. The lowest BCUT2D eigenvalue weighted by atomic mass is 10.0. The largest absolute Gasteiger partial charge is 0.369 e. The van der Waals surface area contributed by atoms with Crippen molar-refractivity contribution in [3.05, 3.63) is 70.2 Å². The van der Waals surface area contributed by atoms with Crippen LogP contribution in [0, 0.1) is 13.8 Å². The monoisotopic (exact) mass is 366 g/mol. The molecule has 0 bridgehead atoms. The van der Waals surface area contributed by atoms with E-state index in [4.69, 9.17) is 17.3 Å². The summed E-state index contributed by atoms with van der Waals surface area (Å²) in [6, 6.07) is 16.1. The van der Waals surface area contributed by atoms with Gasteiger partial charge in [-0.15, -0.1) is 0 Å². The molecule has 1 unspecified atom stereocenters. The number of rotatable bonds is 5. The lowest BCUT2D eigenvalue weighted by Gasteiger charge is -2.15. The van der Waals surface area contributed by atoms with Crippen LogP contribution in [0.1, 0.15) is 29.5 Å². The summed E-state index contributed by atoms with van der Waals surface area (Å²) in [4.78, 5) is 8.74. The van der Waals surface area contributed by atoms with Crippen LogP contribution in [-0.2, 0) is 0 Å². The Labute approximate surface area is 159 Å². The van der Waals surface area contributed by atoms with Gasteiger partial charge in [-0.2, -0.15) is 4.98 Å². The first-order valence-corrected chi connectivity index (χ1v) is 9.02. The molecule has 0 spiro atoms. The summed E-state index contributed by atoms with van der Waals surface area (Å²) in [5, 5.41) is 4.12. The summed E-state index contributed by atoms with van der Waals surface area (Å²) in [6.45, 7) is 7.09. The van der Waals surface area contributed by atoms with E-state index in [1.54, 1.807) is 0 Å². The molecule has 4 nitrogen and oxygen atoms in total. The summed E-state index contributed by atoms with van der Waals surface area (Å²) in [5.41, 5.74) is 11.5. The van der Waals surface area contributed by atoms with Crippen LogP contribution in [-0.4, -0.2) is 16.5 Å². The predicted molar refractivity (Wildman–Crippen MR) is 110 cm³/mol. The van der Waals surface area contributed by atoms with E-state index in [-0.39, 0.29) is 5.95 Å².